The number of carboxylic acid groups (broad SMARTS) is 1. The van der Waals surface area contributed by atoms with Gasteiger partial charge in [0.2, 0.25) is 0 Å². The summed E-state index contributed by atoms with van der Waals surface area (Å²) in [5.74, 6) is 0.700. The number of fused-ring (bicyclic) bond motifs is 1. The van der Waals surface area contributed by atoms with Gasteiger partial charge in [-0.1, -0.05) is 6.07 Å². The molecule has 2 rings (SSSR count). The minimum Gasteiger partial charge on any atom is -0.486 e. The molecule has 0 aromatic heterocycles. The van der Waals surface area contributed by atoms with Gasteiger partial charge in [0.15, 0.2) is 11.5 Å². The number of hydrogen-bond donors (Lipinski definition) is 1. The Kier molecular flexibility index (Phi) is 3.22. The van der Waals surface area contributed by atoms with Crippen molar-refractivity contribution in [3.8, 4) is 11.5 Å². The number of benzene rings is 1. The van der Waals surface area contributed by atoms with E-state index in [9.17, 15) is 4.79 Å². The first-order valence-corrected chi connectivity index (χ1v) is 5.70. The zero-order chi connectivity index (χ0) is 12.4. The lowest BCUT2D eigenvalue weighted by Crippen LogP contribution is -2.18. The highest BCUT2D eigenvalue weighted by molar-refractivity contribution is 5.67. The summed E-state index contributed by atoms with van der Waals surface area (Å²) in [6.07, 6.45) is 0.584. The number of ether oxygens (including phenoxy) is 2. The Labute approximate surface area is 100 Å². The molecule has 92 valence electrons. The Balaban J connectivity index is 2.37. The Morgan fingerprint density at radius 3 is 2.59 bits per heavy atom. The van der Waals surface area contributed by atoms with Crippen LogP contribution in [0.3, 0.4) is 0 Å². The molecule has 0 amide bonds. The first kappa shape index (κ1) is 11.8. The summed E-state index contributed by atoms with van der Waals surface area (Å²) in [5.41, 5.74) is 3.10. The van der Waals surface area contributed by atoms with Gasteiger partial charge in [0.25, 0.3) is 0 Å². The second-order valence-corrected chi connectivity index (χ2v) is 4.23. The zero-order valence-electron chi connectivity index (χ0n) is 10.1. The van der Waals surface area contributed by atoms with E-state index in [0.29, 0.717) is 19.6 Å². The third-order valence-electron chi connectivity index (χ3n) is 3.01. The van der Waals surface area contributed by atoms with E-state index in [1.807, 2.05) is 19.9 Å². The van der Waals surface area contributed by atoms with Crippen molar-refractivity contribution in [1.82, 2.24) is 0 Å². The van der Waals surface area contributed by atoms with E-state index in [-0.39, 0.29) is 6.42 Å². The standard InChI is InChI=1S/C13H16O4/c1-8-7-10(3-4-11(14)15)13-12(9(8)2)16-5-6-17-13/h7H,3-6H2,1-2H3,(H,14,15). The van der Waals surface area contributed by atoms with Crippen LogP contribution in [0.1, 0.15) is 23.1 Å². The molecule has 0 saturated carbocycles. The van der Waals surface area contributed by atoms with Crippen LogP contribution in [0.15, 0.2) is 6.07 Å². The minimum atomic E-state index is -0.797. The van der Waals surface area contributed by atoms with E-state index in [2.05, 4.69) is 0 Å². The molecular weight excluding hydrogens is 220 g/mol. The van der Waals surface area contributed by atoms with Gasteiger partial charge in [-0.2, -0.15) is 0 Å². The maximum Gasteiger partial charge on any atom is 0.303 e. The second kappa shape index (κ2) is 4.65. The smallest absolute Gasteiger partial charge is 0.303 e. The molecule has 1 heterocycles. The maximum absolute atomic E-state index is 10.6. The van der Waals surface area contributed by atoms with Crippen molar-refractivity contribution in [2.75, 3.05) is 13.2 Å². The average molecular weight is 236 g/mol. The molecule has 0 saturated heterocycles. The van der Waals surface area contributed by atoms with Crippen LogP contribution in [0, 0.1) is 13.8 Å². The summed E-state index contributed by atoms with van der Waals surface area (Å²) in [6.45, 7) is 5.06. The highest BCUT2D eigenvalue weighted by Crippen LogP contribution is 2.39. The fourth-order valence-corrected chi connectivity index (χ4v) is 1.98. The Bertz CT molecular complexity index is 451. The van der Waals surface area contributed by atoms with Gasteiger partial charge in [-0.3, -0.25) is 4.79 Å². The number of carbonyl (C=O) groups is 1. The first-order valence-electron chi connectivity index (χ1n) is 5.70. The quantitative estimate of drug-likeness (QED) is 0.873. The third-order valence-corrected chi connectivity index (χ3v) is 3.01. The molecule has 0 spiro atoms. The van der Waals surface area contributed by atoms with Crippen LogP contribution >= 0.6 is 0 Å². The number of hydrogen-bond acceptors (Lipinski definition) is 3. The van der Waals surface area contributed by atoms with Crippen molar-refractivity contribution in [2.24, 2.45) is 0 Å². The summed E-state index contributed by atoms with van der Waals surface area (Å²) < 4.78 is 11.2. The molecule has 1 aliphatic heterocycles. The third kappa shape index (κ3) is 2.35. The summed E-state index contributed by atoms with van der Waals surface area (Å²) in [6, 6.07) is 1.99. The molecular formula is C13H16O4. The van der Waals surface area contributed by atoms with E-state index in [1.54, 1.807) is 0 Å². The number of carboxylic acids is 1. The van der Waals surface area contributed by atoms with Gasteiger partial charge < -0.3 is 14.6 Å². The monoisotopic (exact) mass is 236 g/mol. The fraction of sp³-hybridized carbons (Fsp3) is 0.462. The van der Waals surface area contributed by atoms with Crippen molar-refractivity contribution in [3.63, 3.8) is 0 Å². The van der Waals surface area contributed by atoms with E-state index < -0.39 is 5.97 Å². The van der Waals surface area contributed by atoms with Gasteiger partial charge in [0.05, 0.1) is 0 Å². The minimum absolute atomic E-state index is 0.109. The molecule has 0 bridgehead atoms. The summed E-state index contributed by atoms with van der Waals surface area (Å²) >= 11 is 0. The number of aryl methyl sites for hydroxylation is 2. The van der Waals surface area contributed by atoms with Crippen molar-refractivity contribution in [1.29, 1.82) is 0 Å². The number of aliphatic carboxylic acids is 1. The topological polar surface area (TPSA) is 55.8 Å². The highest BCUT2D eigenvalue weighted by atomic mass is 16.6. The Morgan fingerprint density at radius 2 is 1.94 bits per heavy atom. The molecule has 0 unspecified atom stereocenters. The normalized spacial score (nSPS) is 13.5. The van der Waals surface area contributed by atoms with Gasteiger partial charge in [-0.15, -0.1) is 0 Å². The lowest BCUT2D eigenvalue weighted by molar-refractivity contribution is -0.136. The molecule has 4 nitrogen and oxygen atoms in total. The van der Waals surface area contributed by atoms with Crippen LogP contribution in [-0.2, 0) is 11.2 Å². The molecule has 1 aromatic rings. The predicted molar refractivity (Wildman–Crippen MR) is 62.9 cm³/mol. The van der Waals surface area contributed by atoms with E-state index in [0.717, 1.165) is 28.2 Å². The van der Waals surface area contributed by atoms with Gasteiger partial charge in [-0.05, 0) is 37.0 Å². The zero-order valence-corrected chi connectivity index (χ0v) is 10.1. The summed E-state index contributed by atoms with van der Waals surface area (Å²) in [4.78, 5) is 10.6. The molecule has 0 fully saturated rings. The van der Waals surface area contributed by atoms with Crippen molar-refractivity contribution in [3.05, 3.63) is 22.8 Å². The van der Waals surface area contributed by atoms with E-state index in [4.69, 9.17) is 14.6 Å². The van der Waals surface area contributed by atoms with Crippen molar-refractivity contribution >= 4 is 5.97 Å². The largest absolute Gasteiger partial charge is 0.486 e. The molecule has 4 heteroatoms. The molecule has 1 aromatic carbocycles. The fourth-order valence-electron chi connectivity index (χ4n) is 1.98. The first-order chi connectivity index (χ1) is 8.09. The molecule has 1 aliphatic rings. The van der Waals surface area contributed by atoms with Gasteiger partial charge >= 0.3 is 5.97 Å². The lowest BCUT2D eigenvalue weighted by Gasteiger charge is -2.24. The van der Waals surface area contributed by atoms with Crippen LogP contribution in [0.4, 0.5) is 0 Å². The van der Waals surface area contributed by atoms with Gasteiger partial charge in [0, 0.05) is 6.42 Å². The predicted octanol–water partition coefficient (Wildman–Crippen LogP) is 2.09. The summed E-state index contributed by atoms with van der Waals surface area (Å²) in [5, 5.41) is 8.73. The SMILES string of the molecule is Cc1cc(CCC(=O)O)c2c(c1C)OCCO2. The van der Waals surface area contributed by atoms with Crippen molar-refractivity contribution in [2.45, 2.75) is 26.7 Å². The Hall–Kier alpha value is -1.71. The highest BCUT2D eigenvalue weighted by Gasteiger charge is 2.20. The maximum atomic E-state index is 10.6. The van der Waals surface area contributed by atoms with Crippen LogP contribution in [0.5, 0.6) is 11.5 Å². The summed E-state index contributed by atoms with van der Waals surface area (Å²) in [7, 11) is 0. The molecule has 0 atom stereocenters. The van der Waals surface area contributed by atoms with Crippen LogP contribution < -0.4 is 9.47 Å². The molecule has 0 aliphatic carbocycles. The van der Waals surface area contributed by atoms with Crippen LogP contribution in [-0.4, -0.2) is 24.3 Å². The molecule has 17 heavy (non-hydrogen) atoms. The van der Waals surface area contributed by atoms with Crippen LogP contribution in [0.2, 0.25) is 0 Å². The van der Waals surface area contributed by atoms with Gasteiger partial charge in [-0.25, -0.2) is 0 Å². The average Bonchev–Trinajstić information content (AvgIpc) is 2.32. The second-order valence-electron chi connectivity index (χ2n) is 4.23. The molecule has 1 N–H and O–H groups in total. The van der Waals surface area contributed by atoms with Gasteiger partial charge in [0.1, 0.15) is 13.2 Å². The van der Waals surface area contributed by atoms with E-state index >= 15 is 0 Å². The lowest BCUT2D eigenvalue weighted by atomic mass is 10.00. The van der Waals surface area contributed by atoms with E-state index in [1.165, 1.54) is 0 Å². The van der Waals surface area contributed by atoms with Crippen molar-refractivity contribution < 1.29 is 19.4 Å². The van der Waals surface area contributed by atoms with Crippen LogP contribution in [0.25, 0.3) is 0 Å². The molecule has 0 radical (unpaired) electrons. The Morgan fingerprint density at radius 1 is 1.29 bits per heavy atom. The number of rotatable bonds is 3.